The van der Waals surface area contributed by atoms with Gasteiger partial charge in [0.2, 0.25) is 5.95 Å². The Kier molecular flexibility index (Phi) is 4.38. The maximum atomic E-state index is 12.8. The summed E-state index contributed by atoms with van der Waals surface area (Å²) in [7, 11) is 0. The summed E-state index contributed by atoms with van der Waals surface area (Å²) in [6.07, 6.45) is 1.42. The molecule has 0 radical (unpaired) electrons. The zero-order valence-corrected chi connectivity index (χ0v) is 16.0. The van der Waals surface area contributed by atoms with E-state index in [1.165, 1.54) is 18.3 Å². The molecule has 3 heterocycles. The zero-order valence-electron chi connectivity index (χ0n) is 16.0. The molecule has 0 saturated carbocycles. The smallest absolute Gasteiger partial charge is 0.347 e. The maximum Gasteiger partial charge on any atom is 0.347 e. The number of rotatable bonds is 3. The van der Waals surface area contributed by atoms with Crippen molar-refractivity contribution in [2.24, 2.45) is 0 Å². The van der Waals surface area contributed by atoms with E-state index in [9.17, 15) is 14.7 Å². The van der Waals surface area contributed by atoms with Crippen LogP contribution in [0.2, 0.25) is 0 Å². The van der Waals surface area contributed by atoms with E-state index in [1.807, 2.05) is 32.0 Å². The molecule has 0 bridgehead atoms. The first kappa shape index (κ1) is 18.4. The van der Waals surface area contributed by atoms with Crippen LogP contribution in [0, 0.1) is 20.8 Å². The Labute approximate surface area is 164 Å². The molecule has 29 heavy (non-hydrogen) atoms. The molecule has 8 heteroatoms. The van der Waals surface area contributed by atoms with Crippen LogP contribution in [0.1, 0.15) is 16.9 Å². The summed E-state index contributed by atoms with van der Waals surface area (Å²) in [5, 5.41) is 13.4. The van der Waals surface area contributed by atoms with E-state index < -0.39 is 11.2 Å². The topological polar surface area (TPSA) is 121 Å². The van der Waals surface area contributed by atoms with Crippen molar-refractivity contribution in [3.63, 3.8) is 0 Å². The fraction of sp³-hybridized carbons (Fsp3) is 0.143. The van der Waals surface area contributed by atoms with Gasteiger partial charge in [-0.1, -0.05) is 6.07 Å². The number of hydrogen-bond acceptors (Lipinski definition) is 7. The number of pyridine rings is 1. The van der Waals surface area contributed by atoms with Crippen LogP contribution in [-0.2, 0) is 0 Å². The third-order valence-corrected chi connectivity index (χ3v) is 4.70. The number of hydrogen-bond donors (Lipinski definition) is 3. The number of anilines is 2. The number of nitrogens with one attached hydrogen (secondary N) is 2. The molecule has 0 unspecified atom stereocenters. The van der Waals surface area contributed by atoms with E-state index in [-0.39, 0.29) is 39.6 Å². The average Bonchev–Trinajstić information content (AvgIpc) is 2.64. The molecule has 0 spiro atoms. The van der Waals surface area contributed by atoms with Crippen LogP contribution < -0.4 is 16.5 Å². The Hall–Kier alpha value is -3.94. The standard InChI is InChI=1S/C21H18N4O4/c1-10-4-5-13(8-11(10)2)23-21-24-18-17(19(27)25-21)14(6-7-22-18)16-15(26)9-12(3)29-20(16)28/h4-9,26H,1-3H3,(H2,22,23,24,25,27). The highest BCUT2D eigenvalue weighted by Gasteiger charge is 2.18. The van der Waals surface area contributed by atoms with Gasteiger partial charge in [-0.25, -0.2) is 9.78 Å². The van der Waals surface area contributed by atoms with Crippen LogP contribution >= 0.6 is 0 Å². The number of H-pyrrole nitrogens is 1. The molecule has 0 saturated heterocycles. The lowest BCUT2D eigenvalue weighted by atomic mass is 10.0. The van der Waals surface area contributed by atoms with Crippen molar-refractivity contribution in [1.82, 2.24) is 15.0 Å². The van der Waals surface area contributed by atoms with Gasteiger partial charge in [0.05, 0.1) is 5.39 Å². The summed E-state index contributed by atoms with van der Waals surface area (Å²) < 4.78 is 5.07. The van der Waals surface area contributed by atoms with E-state index >= 15 is 0 Å². The Morgan fingerprint density at radius 1 is 1.07 bits per heavy atom. The highest BCUT2D eigenvalue weighted by molar-refractivity contribution is 5.93. The molecule has 0 atom stereocenters. The molecule has 0 aliphatic rings. The lowest BCUT2D eigenvalue weighted by molar-refractivity contribution is 0.438. The van der Waals surface area contributed by atoms with Gasteiger partial charge in [-0.05, 0) is 50.1 Å². The second kappa shape index (κ2) is 6.90. The molecule has 0 fully saturated rings. The number of aromatic amines is 1. The first-order chi connectivity index (χ1) is 13.8. The summed E-state index contributed by atoms with van der Waals surface area (Å²) in [6, 6.07) is 8.58. The first-order valence-electron chi connectivity index (χ1n) is 8.91. The second-order valence-electron chi connectivity index (χ2n) is 6.80. The van der Waals surface area contributed by atoms with Gasteiger partial charge in [0.15, 0.2) is 5.65 Å². The summed E-state index contributed by atoms with van der Waals surface area (Å²) in [6.45, 7) is 5.55. The predicted octanol–water partition coefficient (Wildman–Crippen LogP) is 3.31. The van der Waals surface area contributed by atoms with Crippen molar-refractivity contribution >= 4 is 22.7 Å². The van der Waals surface area contributed by atoms with Crippen LogP contribution in [0.3, 0.4) is 0 Å². The number of nitrogens with zero attached hydrogens (tertiary/aromatic N) is 2. The highest BCUT2D eigenvalue weighted by Crippen LogP contribution is 2.30. The largest absolute Gasteiger partial charge is 0.507 e. The molecule has 3 aromatic heterocycles. The molecule has 3 N–H and O–H groups in total. The Morgan fingerprint density at radius 3 is 2.59 bits per heavy atom. The number of benzene rings is 1. The van der Waals surface area contributed by atoms with Gasteiger partial charge in [0, 0.05) is 23.5 Å². The lowest BCUT2D eigenvalue weighted by Gasteiger charge is -2.10. The van der Waals surface area contributed by atoms with Crippen molar-refractivity contribution in [1.29, 1.82) is 0 Å². The normalized spacial score (nSPS) is 11.0. The second-order valence-corrected chi connectivity index (χ2v) is 6.80. The van der Waals surface area contributed by atoms with Crippen molar-refractivity contribution in [2.75, 3.05) is 5.32 Å². The molecule has 0 aliphatic carbocycles. The van der Waals surface area contributed by atoms with Crippen LogP contribution in [0.25, 0.3) is 22.2 Å². The van der Waals surface area contributed by atoms with Gasteiger partial charge in [0.25, 0.3) is 5.56 Å². The van der Waals surface area contributed by atoms with E-state index in [1.54, 1.807) is 6.92 Å². The summed E-state index contributed by atoms with van der Waals surface area (Å²) >= 11 is 0. The van der Waals surface area contributed by atoms with Gasteiger partial charge < -0.3 is 14.8 Å². The molecule has 8 nitrogen and oxygen atoms in total. The Morgan fingerprint density at radius 2 is 1.86 bits per heavy atom. The Balaban J connectivity index is 1.86. The highest BCUT2D eigenvalue weighted by atomic mass is 16.4. The van der Waals surface area contributed by atoms with Crippen LogP contribution in [-0.4, -0.2) is 20.1 Å². The van der Waals surface area contributed by atoms with Gasteiger partial charge in [-0.15, -0.1) is 0 Å². The van der Waals surface area contributed by atoms with Crippen molar-refractivity contribution in [3.05, 3.63) is 74.2 Å². The molecule has 0 amide bonds. The average molecular weight is 390 g/mol. The monoisotopic (exact) mass is 390 g/mol. The molecule has 146 valence electrons. The number of fused-ring (bicyclic) bond motifs is 1. The fourth-order valence-electron chi connectivity index (χ4n) is 3.13. The maximum absolute atomic E-state index is 12.8. The van der Waals surface area contributed by atoms with E-state index in [0.717, 1.165) is 16.8 Å². The SMILES string of the molecule is Cc1cc(O)c(-c2ccnc3nc(Nc4ccc(C)c(C)c4)[nH]c(=O)c23)c(=O)o1. The number of aryl methyl sites for hydroxylation is 3. The summed E-state index contributed by atoms with van der Waals surface area (Å²) in [5.74, 6) is 0.208. The van der Waals surface area contributed by atoms with Gasteiger partial charge >= 0.3 is 5.63 Å². The third-order valence-electron chi connectivity index (χ3n) is 4.70. The molecule has 4 rings (SSSR count). The quantitative estimate of drug-likeness (QED) is 0.491. The summed E-state index contributed by atoms with van der Waals surface area (Å²) in [5.41, 5.74) is 2.01. The summed E-state index contributed by atoms with van der Waals surface area (Å²) in [4.78, 5) is 36.3. The predicted molar refractivity (Wildman–Crippen MR) is 110 cm³/mol. The van der Waals surface area contributed by atoms with Gasteiger partial charge in [0.1, 0.15) is 17.1 Å². The van der Waals surface area contributed by atoms with E-state index in [0.29, 0.717) is 0 Å². The van der Waals surface area contributed by atoms with Crippen LogP contribution in [0.5, 0.6) is 5.75 Å². The van der Waals surface area contributed by atoms with Crippen molar-refractivity contribution in [2.45, 2.75) is 20.8 Å². The van der Waals surface area contributed by atoms with E-state index in [2.05, 4.69) is 20.3 Å². The molecule has 0 aliphatic heterocycles. The van der Waals surface area contributed by atoms with E-state index in [4.69, 9.17) is 4.42 Å². The molecule has 4 aromatic rings. The Bertz CT molecular complexity index is 1370. The number of aromatic hydroxyl groups is 1. The third kappa shape index (κ3) is 3.36. The van der Waals surface area contributed by atoms with Crippen LogP contribution in [0.4, 0.5) is 11.6 Å². The fourth-order valence-corrected chi connectivity index (χ4v) is 3.13. The zero-order chi connectivity index (χ0) is 20.7. The first-order valence-corrected chi connectivity index (χ1v) is 8.91. The molecular formula is C21H18N4O4. The minimum Gasteiger partial charge on any atom is -0.507 e. The van der Waals surface area contributed by atoms with Gasteiger partial charge in [-0.2, -0.15) is 4.98 Å². The molecular weight excluding hydrogens is 372 g/mol. The lowest BCUT2D eigenvalue weighted by Crippen LogP contribution is -2.14. The minimum absolute atomic E-state index is 0.0876. The molecule has 1 aromatic carbocycles. The minimum atomic E-state index is -0.744. The van der Waals surface area contributed by atoms with Crippen molar-refractivity contribution in [3.8, 4) is 16.9 Å². The van der Waals surface area contributed by atoms with Gasteiger partial charge in [-0.3, -0.25) is 9.78 Å². The van der Waals surface area contributed by atoms with Crippen molar-refractivity contribution < 1.29 is 9.52 Å². The number of aromatic nitrogens is 3. The van der Waals surface area contributed by atoms with Crippen LogP contribution in [0.15, 0.2) is 50.5 Å².